The minimum atomic E-state index is -0.222. The van der Waals surface area contributed by atoms with Gasteiger partial charge >= 0.3 is 6.03 Å². The van der Waals surface area contributed by atoms with Crippen molar-refractivity contribution in [2.75, 3.05) is 36.4 Å². The van der Waals surface area contributed by atoms with Crippen molar-refractivity contribution in [3.8, 4) is 0 Å². The average molecular weight is 409 g/mol. The van der Waals surface area contributed by atoms with Gasteiger partial charge in [0.2, 0.25) is 5.91 Å². The van der Waals surface area contributed by atoms with Gasteiger partial charge < -0.3 is 20.4 Å². The zero-order chi connectivity index (χ0) is 21.3. The number of rotatable bonds is 7. The highest BCUT2D eigenvalue weighted by molar-refractivity contribution is 5.89. The van der Waals surface area contributed by atoms with Crippen LogP contribution in [0.2, 0.25) is 0 Å². The third-order valence-electron chi connectivity index (χ3n) is 5.71. The van der Waals surface area contributed by atoms with Gasteiger partial charge in [0.1, 0.15) is 0 Å². The van der Waals surface area contributed by atoms with E-state index in [0.717, 1.165) is 56.0 Å². The van der Waals surface area contributed by atoms with Crippen molar-refractivity contribution in [2.24, 2.45) is 5.92 Å². The van der Waals surface area contributed by atoms with Crippen molar-refractivity contribution in [1.29, 1.82) is 0 Å². The lowest BCUT2D eigenvalue weighted by Gasteiger charge is -2.37. The number of carbonyl (C=O) groups excluding carboxylic acids is 2. The number of hydrogen-bond acceptors (Lipinski definition) is 3. The Morgan fingerprint density at radius 2 is 1.53 bits per heavy atom. The number of hydrogen-bond donors (Lipinski definition) is 2. The van der Waals surface area contributed by atoms with Crippen LogP contribution in [0, 0.1) is 5.92 Å². The first-order chi connectivity index (χ1) is 14.6. The monoisotopic (exact) mass is 408 g/mol. The Morgan fingerprint density at radius 3 is 2.13 bits per heavy atom. The van der Waals surface area contributed by atoms with E-state index in [1.807, 2.05) is 59.5 Å². The molecule has 1 saturated heterocycles. The van der Waals surface area contributed by atoms with Crippen LogP contribution in [-0.2, 0) is 11.3 Å². The molecule has 0 spiro atoms. The SMILES string of the molecule is CCC(CC)C(=O)N1CCN(c2ccc(NC(=O)NCc3ccccc3)cc2)CC1. The first-order valence-corrected chi connectivity index (χ1v) is 10.8. The number of nitrogens with one attached hydrogen (secondary N) is 2. The normalized spacial score (nSPS) is 14.0. The molecule has 2 aromatic carbocycles. The van der Waals surface area contributed by atoms with Crippen LogP contribution in [-0.4, -0.2) is 43.0 Å². The van der Waals surface area contributed by atoms with E-state index in [-0.39, 0.29) is 11.9 Å². The van der Waals surface area contributed by atoms with Gasteiger partial charge in [0.05, 0.1) is 0 Å². The molecule has 0 aromatic heterocycles. The highest BCUT2D eigenvalue weighted by atomic mass is 16.2. The Bertz CT molecular complexity index is 811. The Labute approximate surface area is 179 Å². The average Bonchev–Trinajstić information content (AvgIpc) is 2.80. The maximum Gasteiger partial charge on any atom is 0.319 e. The van der Waals surface area contributed by atoms with Crippen molar-refractivity contribution in [3.05, 3.63) is 60.2 Å². The lowest BCUT2D eigenvalue weighted by atomic mass is 10.0. The molecule has 3 amide bonds. The van der Waals surface area contributed by atoms with Crippen LogP contribution in [0.5, 0.6) is 0 Å². The molecule has 6 nitrogen and oxygen atoms in total. The van der Waals surface area contributed by atoms with E-state index < -0.39 is 0 Å². The summed E-state index contributed by atoms with van der Waals surface area (Å²) in [6, 6.07) is 17.5. The third kappa shape index (κ3) is 5.75. The summed E-state index contributed by atoms with van der Waals surface area (Å²) in [4.78, 5) is 29.0. The lowest BCUT2D eigenvalue weighted by molar-refractivity contribution is -0.136. The molecule has 2 aromatic rings. The third-order valence-corrected chi connectivity index (χ3v) is 5.71. The zero-order valence-corrected chi connectivity index (χ0v) is 17.9. The van der Waals surface area contributed by atoms with Crippen molar-refractivity contribution < 1.29 is 9.59 Å². The van der Waals surface area contributed by atoms with Crippen LogP contribution in [0.3, 0.4) is 0 Å². The molecular weight excluding hydrogens is 376 g/mol. The van der Waals surface area contributed by atoms with E-state index in [1.54, 1.807) is 0 Å². The van der Waals surface area contributed by atoms with Crippen molar-refractivity contribution >= 4 is 23.3 Å². The van der Waals surface area contributed by atoms with Crippen LogP contribution >= 0.6 is 0 Å². The summed E-state index contributed by atoms with van der Waals surface area (Å²) in [6.07, 6.45) is 1.81. The Kier molecular flexibility index (Phi) is 7.71. The minimum Gasteiger partial charge on any atom is -0.368 e. The van der Waals surface area contributed by atoms with Gasteiger partial charge in [-0.25, -0.2) is 4.79 Å². The van der Waals surface area contributed by atoms with Crippen LogP contribution in [0.1, 0.15) is 32.3 Å². The van der Waals surface area contributed by atoms with Crippen LogP contribution in [0.15, 0.2) is 54.6 Å². The number of piperazine rings is 1. The van der Waals surface area contributed by atoms with Gasteiger partial charge in [-0.05, 0) is 42.7 Å². The first kappa shape index (κ1) is 21.7. The number of carbonyl (C=O) groups is 2. The van der Waals surface area contributed by atoms with E-state index in [2.05, 4.69) is 29.4 Å². The summed E-state index contributed by atoms with van der Waals surface area (Å²) in [5, 5.41) is 5.73. The minimum absolute atomic E-state index is 0.148. The summed E-state index contributed by atoms with van der Waals surface area (Å²) in [7, 11) is 0. The van der Waals surface area contributed by atoms with E-state index in [9.17, 15) is 9.59 Å². The Morgan fingerprint density at radius 1 is 0.900 bits per heavy atom. The Balaban J connectivity index is 1.46. The molecule has 1 aliphatic heterocycles. The van der Waals surface area contributed by atoms with Crippen LogP contribution < -0.4 is 15.5 Å². The van der Waals surface area contributed by atoms with Gasteiger partial charge in [-0.1, -0.05) is 44.2 Å². The molecule has 1 fully saturated rings. The van der Waals surface area contributed by atoms with E-state index >= 15 is 0 Å². The molecule has 1 heterocycles. The molecule has 2 N–H and O–H groups in total. The largest absolute Gasteiger partial charge is 0.368 e. The van der Waals surface area contributed by atoms with Gasteiger partial charge in [0, 0.05) is 50.0 Å². The standard InChI is InChI=1S/C24H32N4O2/c1-3-20(4-2)23(29)28-16-14-27(15-17-28)22-12-10-21(11-13-22)26-24(30)25-18-19-8-6-5-7-9-19/h5-13,20H,3-4,14-18H2,1-2H3,(H2,25,26,30). The lowest BCUT2D eigenvalue weighted by Crippen LogP contribution is -2.50. The zero-order valence-electron chi connectivity index (χ0n) is 17.9. The van der Waals surface area contributed by atoms with Gasteiger partial charge in [0.25, 0.3) is 0 Å². The molecule has 3 rings (SSSR count). The van der Waals surface area contributed by atoms with Crippen LogP contribution in [0.4, 0.5) is 16.2 Å². The van der Waals surface area contributed by atoms with Crippen LogP contribution in [0.25, 0.3) is 0 Å². The first-order valence-electron chi connectivity index (χ1n) is 10.8. The summed E-state index contributed by atoms with van der Waals surface area (Å²) in [6.45, 7) is 7.84. The topological polar surface area (TPSA) is 64.7 Å². The Hall–Kier alpha value is -3.02. The molecule has 0 bridgehead atoms. The predicted molar refractivity (Wildman–Crippen MR) is 122 cm³/mol. The molecule has 160 valence electrons. The van der Waals surface area contributed by atoms with Crippen molar-refractivity contribution in [3.63, 3.8) is 0 Å². The smallest absolute Gasteiger partial charge is 0.319 e. The van der Waals surface area contributed by atoms with Gasteiger partial charge in [-0.3, -0.25) is 4.79 Å². The highest BCUT2D eigenvalue weighted by Gasteiger charge is 2.25. The van der Waals surface area contributed by atoms with E-state index in [1.165, 1.54) is 0 Å². The molecule has 1 aliphatic rings. The molecule has 6 heteroatoms. The predicted octanol–water partition coefficient (Wildman–Crippen LogP) is 4.09. The fraction of sp³-hybridized carbons (Fsp3) is 0.417. The summed E-state index contributed by atoms with van der Waals surface area (Å²) >= 11 is 0. The highest BCUT2D eigenvalue weighted by Crippen LogP contribution is 2.21. The van der Waals surface area contributed by atoms with Gasteiger partial charge in [-0.2, -0.15) is 0 Å². The number of urea groups is 1. The number of anilines is 2. The molecule has 0 saturated carbocycles. The fourth-order valence-corrected chi connectivity index (χ4v) is 3.79. The molecule has 30 heavy (non-hydrogen) atoms. The second-order valence-electron chi connectivity index (χ2n) is 7.67. The van der Waals surface area contributed by atoms with Gasteiger partial charge in [-0.15, -0.1) is 0 Å². The summed E-state index contributed by atoms with van der Waals surface area (Å²) < 4.78 is 0. The molecule has 0 aliphatic carbocycles. The second-order valence-corrected chi connectivity index (χ2v) is 7.67. The fourth-order valence-electron chi connectivity index (χ4n) is 3.79. The molecule has 0 unspecified atom stereocenters. The second kappa shape index (κ2) is 10.7. The molecule has 0 radical (unpaired) electrons. The van der Waals surface area contributed by atoms with Crippen molar-refractivity contribution in [1.82, 2.24) is 10.2 Å². The van der Waals surface area contributed by atoms with Crippen molar-refractivity contribution in [2.45, 2.75) is 33.2 Å². The molecular formula is C24H32N4O2. The number of amides is 3. The summed E-state index contributed by atoms with van der Waals surface area (Å²) in [5.74, 6) is 0.440. The number of benzene rings is 2. The maximum atomic E-state index is 12.6. The van der Waals surface area contributed by atoms with E-state index in [4.69, 9.17) is 0 Å². The quantitative estimate of drug-likeness (QED) is 0.725. The number of nitrogens with zero attached hydrogens (tertiary/aromatic N) is 2. The van der Waals surface area contributed by atoms with E-state index in [0.29, 0.717) is 12.5 Å². The summed E-state index contributed by atoms with van der Waals surface area (Å²) in [5.41, 5.74) is 2.93. The maximum absolute atomic E-state index is 12.6. The molecule has 0 atom stereocenters. The van der Waals surface area contributed by atoms with Gasteiger partial charge in [0.15, 0.2) is 0 Å².